The Morgan fingerprint density at radius 1 is 0.531 bits per heavy atom. The maximum Gasteiger partial charge on any atom is 0.472 e. The van der Waals surface area contributed by atoms with Gasteiger partial charge in [-0.25, -0.2) is 4.57 Å². The van der Waals surface area contributed by atoms with Crippen molar-refractivity contribution >= 4 is 19.8 Å². The van der Waals surface area contributed by atoms with Crippen LogP contribution in [-0.2, 0) is 32.7 Å². The fraction of sp³-hybridized carbons (Fsp3) is 0.947. The van der Waals surface area contributed by atoms with Gasteiger partial charge in [-0.15, -0.1) is 0 Å². The molecule has 10 nitrogen and oxygen atoms in total. The third kappa shape index (κ3) is 35.2. The Balaban J connectivity index is 4.30. The van der Waals surface area contributed by atoms with E-state index in [0.29, 0.717) is 12.8 Å². The van der Waals surface area contributed by atoms with E-state index in [-0.39, 0.29) is 19.4 Å². The van der Waals surface area contributed by atoms with Crippen LogP contribution in [0.25, 0.3) is 0 Å². The van der Waals surface area contributed by atoms with Crippen molar-refractivity contribution in [2.24, 2.45) is 0 Å². The van der Waals surface area contributed by atoms with Crippen molar-refractivity contribution in [1.29, 1.82) is 0 Å². The molecular formula is C38H75O10P. The number of phosphoric ester groups is 1. The summed E-state index contributed by atoms with van der Waals surface area (Å²) < 4.78 is 32.6. The Morgan fingerprint density at radius 3 is 1.27 bits per heavy atom. The number of hydrogen-bond donors (Lipinski definition) is 3. The van der Waals surface area contributed by atoms with Crippen molar-refractivity contribution in [3.63, 3.8) is 0 Å². The monoisotopic (exact) mass is 723 g/mol. The van der Waals surface area contributed by atoms with Gasteiger partial charge in [0.05, 0.1) is 19.8 Å². The smallest absolute Gasteiger partial charge is 0.462 e. The fourth-order valence-electron chi connectivity index (χ4n) is 5.64. The number of phosphoric acid groups is 1. The molecule has 49 heavy (non-hydrogen) atoms. The molecule has 0 aliphatic rings. The number of unbranched alkanes of at least 4 members (excludes halogenated alkanes) is 24. The van der Waals surface area contributed by atoms with Crippen LogP contribution in [0.3, 0.4) is 0 Å². The van der Waals surface area contributed by atoms with Crippen molar-refractivity contribution in [1.82, 2.24) is 0 Å². The van der Waals surface area contributed by atoms with Gasteiger partial charge in [-0.3, -0.25) is 18.6 Å². The van der Waals surface area contributed by atoms with Crippen LogP contribution in [0.5, 0.6) is 0 Å². The number of ether oxygens (including phenoxy) is 2. The zero-order valence-corrected chi connectivity index (χ0v) is 32.3. The highest BCUT2D eigenvalue weighted by Crippen LogP contribution is 2.43. The van der Waals surface area contributed by atoms with E-state index in [9.17, 15) is 24.2 Å². The van der Waals surface area contributed by atoms with E-state index in [0.717, 1.165) is 38.5 Å². The van der Waals surface area contributed by atoms with Crippen LogP contribution in [0.2, 0.25) is 0 Å². The van der Waals surface area contributed by atoms with Gasteiger partial charge in [-0.1, -0.05) is 168 Å². The topological polar surface area (TPSA) is 149 Å². The van der Waals surface area contributed by atoms with Gasteiger partial charge < -0.3 is 24.6 Å². The number of rotatable bonds is 38. The quantitative estimate of drug-likeness (QED) is 0.0319. The zero-order chi connectivity index (χ0) is 36.3. The summed E-state index contributed by atoms with van der Waals surface area (Å²) in [5.41, 5.74) is 0. The number of esters is 2. The Morgan fingerprint density at radius 2 is 0.878 bits per heavy atom. The lowest BCUT2D eigenvalue weighted by atomic mass is 10.0. The van der Waals surface area contributed by atoms with Crippen molar-refractivity contribution in [3.8, 4) is 0 Å². The summed E-state index contributed by atoms with van der Waals surface area (Å²) in [5, 5.41) is 18.3. The molecule has 1 unspecified atom stereocenters. The van der Waals surface area contributed by atoms with Crippen LogP contribution in [0.1, 0.15) is 194 Å². The molecule has 3 N–H and O–H groups in total. The lowest BCUT2D eigenvalue weighted by Crippen LogP contribution is -2.29. The third-order valence-corrected chi connectivity index (χ3v) is 9.71. The highest BCUT2D eigenvalue weighted by atomic mass is 31.2. The van der Waals surface area contributed by atoms with Gasteiger partial charge in [0.2, 0.25) is 0 Å². The summed E-state index contributed by atoms with van der Waals surface area (Å²) in [5.74, 6) is -0.914. The summed E-state index contributed by atoms with van der Waals surface area (Å²) in [6.45, 7) is 2.39. The lowest BCUT2D eigenvalue weighted by molar-refractivity contribution is -0.161. The van der Waals surface area contributed by atoms with E-state index in [1.807, 2.05) is 0 Å². The molecule has 0 spiro atoms. The molecule has 11 heteroatoms. The zero-order valence-electron chi connectivity index (χ0n) is 31.4. The molecule has 0 aliphatic carbocycles. The predicted octanol–water partition coefficient (Wildman–Crippen LogP) is 9.89. The van der Waals surface area contributed by atoms with Gasteiger partial charge in [-0.05, 0) is 12.8 Å². The summed E-state index contributed by atoms with van der Waals surface area (Å²) in [4.78, 5) is 34.8. The molecule has 0 heterocycles. The molecule has 0 saturated carbocycles. The molecule has 0 radical (unpaired) electrons. The van der Waals surface area contributed by atoms with E-state index in [1.165, 1.54) is 116 Å². The molecule has 0 aromatic carbocycles. The van der Waals surface area contributed by atoms with E-state index in [1.54, 1.807) is 0 Å². The normalized spacial score (nSPS) is 14.0. The first-order valence-corrected chi connectivity index (χ1v) is 21.5. The number of hydrogen-bond acceptors (Lipinski definition) is 9. The van der Waals surface area contributed by atoms with Gasteiger partial charge >= 0.3 is 19.8 Å². The minimum Gasteiger partial charge on any atom is -0.462 e. The van der Waals surface area contributed by atoms with Crippen molar-refractivity contribution in [3.05, 3.63) is 0 Å². The maximum absolute atomic E-state index is 12.6. The first-order chi connectivity index (χ1) is 23.7. The SMILES string of the molecule is CCCCCCCCCCCCCCCCCC(=O)O[C@H](COC(=O)CCCCCCCCCCCCC)COP(=O)(O)OC[C@@H](O)CO. The number of aliphatic hydroxyl groups is 2. The first kappa shape index (κ1) is 48.0. The van der Waals surface area contributed by atoms with E-state index in [4.69, 9.17) is 19.1 Å². The van der Waals surface area contributed by atoms with Gasteiger partial charge in [0.1, 0.15) is 12.7 Å². The molecule has 0 aromatic heterocycles. The van der Waals surface area contributed by atoms with E-state index < -0.39 is 51.8 Å². The van der Waals surface area contributed by atoms with Crippen LogP contribution in [-0.4, -0.2) is 65.7 Å². The molecule has 0 saturated heterocycles. The average Bonchev–Trinajstić information content (AvgIpc) is 3.09. The average molecular weight is 723 g/mol. The fourth-order valence-corrected chi connectivity index (χ4v) is 6.43. The summed E-state index contributed by atoms with van der Waals surface area (Å²) in [7, 11) is -4.60. The Labute approximate surface area is 299 Å². The molecule has 0 aliphatic heterocycles. The third-order valence-electron chi connectivity index (χ3n) is 8.76. The molecule has 0 amide bonds. The van der Waals surface area contributed by atoms with E-state index >= 15 is 0 Å². The second-order valence-electron chi connectivity index (χ2n) is 13.7. The molecule has 0 bridgehead atoms. The van der Waals surface area contributed by atoms with Crippen LogP contribution >= 0.6 is 7.82 Å². The first-order valence-electron chi connectivity index (χ1n) is 20.0. The van der Waals surface area contributed by atoms with Gasteiger partial charge in [0.25, 0.3) is 0 Å². The number of carbonyl (C=O) groups is 2. The standard InChI is InChI=1S/C38H75O10P/c1-3-5-7-9-11-13-15-16-17-18-20-22-24-26-28-30-38(42)48-36(34-47-49(43,44)46-32-35(40)31-39)33-45-37(41)29-27-25-23-21-19-14-12-10-8-6-4-2/h35-36,39-40H,3-34H2,1-2H3,(H,43,44)/t35-,36+/m0/s1. The molecule has 0 aromatic rings. The summed E-state index contributed by atoms with van der Waals surface area (Å²) >= 11 is 0. The van der Waals surface area contributed by atoms with Gasteiger partial charge in [0.15, 0.2) is 6.10 Å². The second kappa shape index (κ2) is 35.4. The highest BCUT2D eigenvalue weighted by molar-refractivity contribution is 7.47. The largest absolute Gasteiger partial charge is 0.472 e. The number of carbonyl (C=O) groups excluding carboxylic acids is 2. The van der Waals surface area contributed by atoms with Gasteiger partial charge in [0, 0.05) is 12.8 Å². The Hall–Kier alpha value is -1.03. The van der Waals surface area contributed by atoms with Crippen molar-refractivity contribution in [2.75, 3.05) is 26.4 Å². The van der Waals surface area contributed by atoms with Crippen LogP contribution in [0.15, 0.2) is 0 Å². The lowest BCUT2D eigenvalue weighted by Gasteiger charge is -2.20. The minimum atomic E-state index is -4.60. The molecule has 3 atom stereocenters. The Kier molecular flexibility index (Phi) is 34.6. The second-order valence-corrected chi connectivity index (χ2v) is 15.1. The number of aliphatic hydroxyl groups excluding tert-OH is 2. The van der Waals surface area contributed by atoms with Crippen molar-refractivity contribution in [2.45, 2.75) is 206 Å². The minimum absolute atomic E-state index is 0.192. The molecule has 292 valence electrons. The summed E-state index contributed by atoms with van der Waals surface area (Å²) in [6.07, 6.45) is 29.3. The van der Waals surface area contributed by atoms with Gasteiger partial charge in [-0.2, -0.15) is 0 Å². The molecular weight excluding hydrogens is 647 g/mol. The van der Waals surface area contributed by atoms with E-state index in [2.05, 4.69) is 18.4 Å². The highest BCUT2D eigenvalue weighted by Gasteiger charge is 2.27. The van der Waals surface area contributed by atoms with Crippen LogP contribution in [0.4, 0.5) is 0 Å². The predicted molar refractivity (Wildman–Crippen MR) is 196 cm³/mol. The van der Waals surface area contributed by atoms with Crippen molar-refractivity contribution < 1.29 is 47.8 Å². The Bertz CT molecular complexity index is 796. The summed E-state index contributed by atoms with van der Waals surface area (Å²) in [6, 6.07) is 0. The maximum atomic E-state index is 12.6. The molecule has 0 fully saturated rings. The van der Waals surface area contributed by atoms with Crippen LogP contribution in [0, 0.1) is 0 Å². The van der Waals surface area contributed by atoms with Crippen LogP contribution < -0.4 is 0 Å². The molecule has 0 rings (SSSR count).